The number of hydrogen-bond donors (Lipinski definition) is 3. The molecule has 4 aromatic carbocycles. The van der Waals surface area contributed by atoms with Crippen LogP contribution >= 0.6 is 11.6 Å². The zero-order valence-electron chi connectivity index (χ0n) is 39.3. The number of fused-ring (bicyclic) bond motifs is 4. The molecule has 0 radical (unpaired) electrons. The van der Waals surface area contributed by atoms with Crippen molar-refractivity contribution in [3.63, 3.8) is 0 Å². The van der Waals surface area contributed by atoms with Gasteiger partial charge in [-0.2, -0.15) is 10.5 Å². The van der Waals surface area contributed by atoms with E-state index in [1.165, 1.54) is 0 Å². The number of rotatable bonds is 12. The van der Waals surface area contributed by atoms with Gasteiger partial charge < -0.3 is 39.1 Å². The lowest BCUT2D eigenvalue weighted by Crippen LogP contribution is -2.40. The van der Waals surface area contributed by atoms with Gasteiger partial charge in [0.15, 0.2) is 19.7 Å². The van der Waals surface area contributed by atoms with Crippen molar-refractivity contribution in [3.05, 3.63) is 125 Å². The van der Waals surface area contributed by atoms with Crippen LogP contribution < -0.4 is 14.2 Å². The molecule has 4 aromatic heterocycles. The third-order valence-electron chi connectivity index (χ3n) is 12.2. The molecule has 16 nitrogen and oxygen atoms in total. The second-order valence-corrected chi connectivity index (χ2v) is 22.5. The number of sulfone groups is 2. The van der Waals surface area contributed by atoms with Crippen LogP contribution in [0, 0.1) is 36.5 Å². The number of hydrogen-bond acceptors (Lipinski definition) is 14. The van der Waals surface area contributed by atoms with Gasteiger partial charge in [0.25, 0.3) is 0 Å². The van der Waals surface area contributed by atoms with Gasteiger partial charge in [0.1, 0.15) is 40.9 Å². The molecule has 19 heteroatoms. The first-order valence-corrected chi connectivity index (χ1v) is 27.1. The zero-order chi connectivity index (χ0) is 50.1. The number of aromatic nitrogens is 4. The standard InChI is InChI=1S/C26H26N4O4S.C17H18ClN3O3S.C9H9NO/c1-18-13-19-14-21(3-4-23(19)29-18)34-25-5-6-28-24-16-26(20(17-27)15-22(24)25)33-10-2-7-30-8-11-35(31,32)12-9-30;18-15-2-3-20-16-11-17(13(12-19)10-14(15)16)24-7-1-4-21-5-8-25(22,23)9-6-21;1-6-4-7-5-8(11)2-3-9(7)10-6/h3-6,13-16,29H,2,7-12H2,1H3;2-3,10-11H,1,4-9H2;2-5,10-11H,1H3. The van der Waals surface area contributed by atoms with Gasteiger partial charge in [-0.15, -0.1) is 0 Å². The molecular formula is C52H53ClN8O8S2. The number of phenolic OH excluding ortho intramolecular Hbond substituents is 1. The summed E-state index contributed by atoms with van der Waals surface area (Å²) in [4.78, 5) is 19.4. The van der Waals surface area contributed by atoms with Crippen LogP contribution in [0.15, 0.2) is 97.3 Å². The van der Waals surface area contributed by atoms with Crippen LogP contribution in [0.25, 0.3) is 43.6 Å². The number of pyridine rings is 2. The van der Waals surface area contributed by atoms with E-state index >= 15 is 0 Å². The maximum atomic E-state index is 11.6. The van der Waals surface area contributed by atoms with Crippen LogP contribution in [0.4, 0.5) is 0 Å². The van der Waals surface area contributed by atoms with E-state index in [1.54, 1.807) is 60.9 Å². The van der Waals surface area contributed by atoms with Gasteiger partial charge in [-0.25, -0.2) is 16.8 Å². The number of phenols is 1. The number of aromatic hydroxyl groups is 1. The highest BCUT2D eigenvalue weighted by atomic mass is 35.5. The first-order chi connectivity index (χ1) is 34.1. The highest BCUT2D eigenvalue weighted by molar-refractivity contribution is 7.91. The number of aryl methyl sites for hydroxylation is 2. The van der Waals surface area contributed by atoms with E-state index in [0.29, 0.717) is 95.3 Å². The molecule has 0 bridgehead atoms. The molecule has 10 rings (SSSR count). The fourth-order valence-electron chi connectivity index (χ4n) is 8.39. The molecule has 368 valence electrons. The predicted molar refractivity (Wildman–Crippen MR) is 276 cm³/mol. The molecular weight excluding hydrogens is 964 g/mol. The van der Waals surface area contributed by atoms with Crippen LogP contribution in [0.1, 0.15) is 35.4 Å². The number of benzene rings is 4. The molecule has 0 saturated carbocycles. The van der Waals surface area contributed by atoms with Gasteiger partial charge in [0, 0.05) is 108 Å². The summed E-state index contributed by atoms with van der Waals surface area (Å²) in [5.74, 6) is 3.49. The Balaban J connectivity index is 0.000000162. The average molecular weight is 1020 g/mol. The zero-order valence-corrected chi connectivity index (χ0v) is 41.7. The molecule has 0 atom stereocenters. The lowest BCUT2D eigenvalue weighted by Gasteiger charge is -2.26. The average Bonchev–Trinajstić information content (AvgIpc) is 3.92. The van der Waals surface area contributed by atoms with Crippen LogP contribution in [0.2, 0.25) is 5.02 Å². The number of aromatic amines is 2. The quantitative estimate of drug-likeness (QED) is 0.0974. The molecule has 0 amide bonds. The first-order valence-electron chi connectivity index (χ1n) is 23.1. The van der Waals surface area contributed by atoms with Crippen molar-refractivity contribution in [1.82, 2.24) is 29.7 Å². The number of nitrogens with one attached hydrogen (secondary N) is 2. The summed E-state index contributed by atoms with van der Waals surface area (Å²) in [5.41, 5.74) is 6.52. The summed E-state index contributed by atoms with van der Waals surface area (Å²) in [6, 6.07) is 30.0. The number of halogens is 1. The molecule has 6 heterocycles. The minimum absolute atomic E-state index is 0.214. The Labute approximate surface area is 417 Å². The van der Waals surface area contributed by atoms with Crippen molar-refractivity contribution in [2.75, 3.05) is 75.5 Å². The van der Waals surface area contributed by atoms with Crippen molar-refractivity contribution in [2.45, 2.75) is 26.7 Å². The maximum Gasteiger partial charge on any atom is 0.152 e. The Bertz CT molecular complexity index is 3500. The lowest BCUT2D eigenvalue weighted by atomic mass is 10.1. The van der Waals surface area contributed by atoms with E-state index in [4.69, 9.17) is 30.9 Å². The van der Waals surface area contributed by atoms with E-state index in [1.807, 2.05) is 44.2 Å². The molecule has 8 aromatic rings. The van der Waals surface area contributed by atoms with E-state index in [9.17, 15) is 27.4 Å². The summed E-state index contributed by atoms with van der Waals surface area (Å²) in [6.45, 7) is 8.68. The Morgan fingerprint density at radius 2 is 1.13 bits per heavy atom. The summed E-state index contributed by atoms with van der Waals surface area (Å²) < 4.78 is 63.8. The van der Waals surface area contributed by atoms with Crippen molar-refractivity contribution in [3.8, 4) is 40.9 Å². The Hall–Kier alpha value is -6.93. The fraction of sp³-hybridized carbons (Fsp3) is 0.308. The lowest BCUT2D eigenvalue weighted by molar-refractivity contribution is 0.245. The highest BCUT2D eigenvalue weighted by Gasteiger charge is 2.22. The monoisotopic (exact) mass is 1020 g/mol. The summed E-state index contributed by atoms with van der Waals surface area (Å²) >= 11 is 6.13. The van der Waals surface area contributed by atoms with Gasteiger partial charge >= 0.3 is 0 Å². The molecule has 0 spiro atoms. The van der Waals surface area contributed by atoms with E-state index in [-0.39, 0.29) is 23.0 Å². The van der Waals surface area contributed by atoms with Gasteiger partial charge in [0.05, 0.1) is 63.4 Å². The van der Waals surface area contributed by atoms with Gasteiger partial charge in [-0.05, 0) is 99.5 Å². The van der Waals surface area contributed by atoms with Crippen molar-refractivity contribution in [1.29, 1.82) is 10.5 Å². The fourth-order valence-corrected chi connectivity index (χ4v) is 11.2. The number of nitrogens with zero attached hydrogens (tertiary/aromatic N) is 6. The van der Waals surface area contributed by atoms with Crippen LogP contribution in [-0.4, -0.2) is 127 Å². The molecule has 0 aliphatic carbocycles. The van der Waals surface area contributed by atoms with Crippen LogP contribution in [0.5, 0.6) is 28.7 Å². The summed E-state index contributed by atoms with van der Waals surface area (Å²) in [6.07, 6.45) is 4.79. The van der Waals surface area contributed by atoms with Crippen LogP contribution in [0.3, 0.4) is 0 Å². The molecule has 2 aliphatic heterocycles. The smallest absolute Gasteiger partial charge is 0.152 e. The minimum atomic E-state index is -2.88. The number of nitriles is 2. The topological polar surface area (TPSA) is 228 Å². The molecule has 3 N–H and O–H groups in total. The van der Waals surface area contributed by atoms with Crippen molar-refractivity contribution >= 4 is 74.9 Å². The van der Waals surface area contributed by atoms with Gasteiger partial charge in [0.2, 0.25) is 0 Å². The molecule has 2 fully saturated rings. The molecule has 71 heavy (non-hydrogen) atoms. The Morgan fingerprint density at radius 3 is 1.68 bits per heavy atom. The molecule has 2 aliphatic rings. The summed E-state index contributed by atoms with van der Waals surface area (Å²) in [7, 11) is -5.73. The molecule has 0 unspecified atom stereocenters. The van der Waals surface area contributed by atoms with E-state index < -0.39 is 19.7 Å². The maximum absolute atomic E-state index is 11.6. The van der Waals surface area contributed by atoms with Crippen molar-refractivity contribution in [2.24, 2.45) is 0 Å². The Kier molecular flexibility index (Phi) is 15.9. The number of ether oxygens (including phenoxy) is 3. The normalized spacial score (nSPS) is 15.5. The second-order valence-electron chi connectivity index (χ2n) is 17.5. The molecule has 2 saturated heterocycles. The highest BCUT2D eigenvalue weighted by Crippen LogP contribution is 2.35. The van der Waals surface area contributed by atoms with Crippen LogP contribution in [-0.2, 0) is 19.7 Å². The largest absolute Gasteiger partial charge is 0.508 e. The first kappa shape index (κ1) is 50.5. The summed E-state index contributed by atoms with van der Waals surface area (Å²) in [5, 5.41) is 32.3. The minimum Gasteiger partial charge on any atom is -0.508 e. The van der Waals surface area contributed by atoms with E-state index in [2.05, 4.69) is 47.9 Å². The van der Waals surface area contributed by atoms with E-state index in [0.717, 1.165) is 69.9 Å². The second kappa shape index (κ2) is 22.4. The Morgan fingerprint density at radius 1 is 0.634 bits per heavy atom. The van der Waals surface area contributed by atoms with Crippen molar-refractivity contribution < 1.29 is 36.2 Å². The van der Waals surface area contributed by atoms with Gasteiger partial charge in [-0.1, -0.05) is 11.6 Å². The third-order valence-corrected chi connectivity index (χ3v) is 15.7. The van der Waals surface area contributed by atoms with Gasteiger partial charge in [-0.3, -0.25) is 9.97 Å². The number of H-pyrrole nitrogens is 2. The SMILES string of the molecule is Cc1cc2cc(O)ccc2[nH]1.Cc1cc2cc(Oc3ccnc4cc(OCCCN5CCS(=O)(=O)CC5)c(C#N)cc34)ccc2[nH]1.N#Cc1cc2c(Cl)ccnc2cc1OCCCN1CCS(=O)(=O)CC1. The predicted octanol–water partition coefficient (Wildman–Crippen LogP) is 8.63. The third kappa shape index (κ3) is 13.3.